The van der Waals surface area contributed by atoms with E-state index in [9.17, 15) is 22.4 Å². The first-order valence-corrected chi connectivity index (χ1v) is 10.8. The summed E-state index contributed by atoms with van der Waals surface area (Å²) in [5.41, 5.74) is -0.0230. The fourth-order valence-electron chi connectivity index (χ4n) is 4.40. The van der Waals surface area contributed by atoms with Gasteiger partial charge in [-0.25, -0.2) is 21.9 Å². The highest BCUT2D eigenvalue weighted by Crippen LogP contribution is 2.34. The summed E-state index contributed by atoms with van der Waals surface area (Å²) in [6, 6.07) is 4.14. The van der Waals surface area contributed by atoms with Gasteiger partial charge in [-0.05, 0) is 43.4 Å². The number of anilines is 1. The van der Waals surface area contributed by atoms with E-state index >= 15 is 0 Å². The molecule has 11 heteroatoms. The molecule has 4 rings (SSSR count). The van der Waals surface area contributed by atoms with E-state index in [4.69, 9.17) is 5.26 Å². The highest BCUT2D eigenvalue weighted by molar-refractivity contribution is 7.90. The van der Waals surface area contributed by atoms with Crippen molar-refractivity contribution < 1.29 is 22.4 Å². The highest BCUT2D eigenvalue weighted by atomic mass is 32.2. The minimum absolute atomic E-state index is 0.0187. The van der Waals surface area contributed by atoms with Gasteiger partial charge in [0.05, 0.1) is 17.7 Å². The Labute approximate surface area is 167 Å². The van der Waals surface area contributed by atoms with Crippen molar-refractivity contribution in [1.82, 2.24) is 14.9 Å². The lowest BCUT2D eigenvalue weighted by Gasteiger charge is -2.33. The summed E-state index contributed by atoms with van der Waals surface area (Å²) in [5.74, 6) is -1.15. The van der Waals surface area contributed by atoms with Gasteiger partial charge in [0, 0.05) is 18.6 Å². The third-order valence-corrected chi connectivity index (χ3v) is 7.54. The van der Waals surface area contributed by atoms with Crippen molar-refractivity contribution in [3.8, 4) is 6.07 Å². The molecule has 1 aliphatic carbocycles. The van der Waals surface area contributed by atoms with E-state index < -0.39 is 34.3 Å². The molecule has 0 spiro atoms. The Morgan fingerprint density at radius 2 is 2.17 bits per heavy atom. The van der Waals surface area contributed by atoms with Crippen LogP contribution in [0, 0.1) is 29.0 Å². The number of benzene rings is 1. The van der Waals surface area contributed by atoms with Crippen molar-refractivity contribution in [3.63, 3.8) is 0 Å². The van der Waals surface area contributed by atoms with Gasteiger partial charge in [0.25, 0.3) is 10.0 Å². The van der Waals surface area contributed by atoms with Crippen LogP contribution in [0.5, 0.6) is 0 Å². The number of nitriles is 1. The molecule has 2 aliphatic heterocycles. The SMILES string of the molecule is N#CC1CNC2C(CC[C@@H]2NC(=O)CN2C(=O)Nc3ccc(F)cc3S2(=O)=O)C1. The number of hydrogen-bond donors (Lipinski definition) is 3. The quantitative estimate of drug-likeness (QED) is 0.660. The first-order valence-electron chi connectivity index (χ1n) is 9.35. The number of rotatable bonds is 3. The number of hydrogen-bond acceptors (Lipinski definition) is 6. The van der Waals surface area contributed by atoms with Gasteiger partial charge in [-0.2, -0.15) is 5.26 Å². The average Bonchev–Trinajstić information content (AvgIpc) is 3.08. The van der Waals surface area contributed by atoms with Crippen LogP contribution in [0.2, 0.25) is 0 Å². The fraction of sp³-hybridized carbons (Fsp3) is 0.500. The number of sulfonamides is 1. The van der Waals surface area contributed by atoms with Crippen LogP contribution in [-0.4, -0.2) is 49.8 Å². The van der Waals surface area contributed by atoms with E-state index in [1.54, 1.807) is 0 Å². The van der Waals surface area contributed by atoms with Crippen molar-refractivity contribution in [3.05, 3.63) is 24.0 Å². The Morgan fingerprint density at radius 1 is 1.38 bits per heavy atom. The molecule has 2 fully saturated rings. The molecule has 3 N–H and O–H groups in total. The highest BCUT2D eigenvalue weighted by Gasteiger charge is 2.42. The molecule has 0 aromatic heterocycles. The maximum Gasteiger partial charge on any atom is 0.336 e. The summed E-state index contributed by atoms with van der Waals surface area (Å²) in [6.45, 7) is -0.145. The zero-order valence-electron chi connectivity index (χ0n) is 15.4. The first kappa shape index (κ1) is 19.6. The molecule has 3 aliphatic rings. The zero-order chi connectivity index (χ0) is 20.8. The molecule has 3 unspecified atom stereocenters. The van der Waals surface area contributed by atoms with Crippen LogP contribution in [0.3, 0.4) is 0 Å². The van der Waals surface area contributed by atoms with Crippen LogP contribution in [0.4, 0.5) is 14.9 Å². The van der Waals surface area contributed by atoms with Gasteiger partial charge in [-0.15, -0.1) is 0 Å². The van der Waals surface area contributed by atoms with Crippen LogP contribution in [0.1, 0.15) is 19.3 Å². The molecule has 4 atom stereocenters. The molecular formula is C18H20FN5O4S. The van der Waals surface area contributed by atoms with Gasteiger partial charge < -0.3 is 16.0 Å². The maximum atomic E-state index is 13.5. The standard InChI is InChI=1S/C18H20FN5O4S/c19-12-2-4-13-15(6-12)29(27,28)24(18(26)23-13)9-16(25)22-14-3-1-11-5-10(7-20)8-21-17(11)14/h2,4,6,10-11,14,17,21H,1,3,5,8-9H2,(H,22,25)(H,23,26)/t10?,11?,14-,17?/m0/s1. The van der Waals surface area contributed by atoms with Crippen molar-refractivity contribution >= 4 is 27.6 Å². The molecule has 2 heterocycles. The summed E-state index contributed by atoms with van der Waals surface area (Å²) in [7, 11) is -4.35. The number of nitrogens with one attached hydrogen (secondary N) is 3. The van der Waals surface area contributed by atoms with Gasteiger partial charge in [-0.1, -0.05) is 0 Å². The summed E-state index contributed by atoms with van der Waals surface area (Å²) in [6.07, 6.45) is 2.33. The molecule has 1 saturated heterocycles. The van der Waals surface area contributed by atoms with E-state index in [1.807, 2.05) is 0 Å². The Hall–Kier alpha value is -2.71. The van der Waals surface area contributed by atoms with E-state index in [0.29, 0.717) is 17.3 Å². The molecule has 0 bridgehead atoms. The van der Waals surface area contributed by atoms with Crippen molar-refractivity contribution in [1.29, 1.82) is 5.26 Å². The predicted molar refractivity (Wildman–Crippen MR) is 99.5 cm³/mol. The summed E-state index contributed by atoms with van der Waals surface area (Å²) in [5, 5.41) is 17.6. The lowest BCUT2D eigenvalue weighted by molar-refractivity contribution is -0.121. The number of carbonyl (C=O) groups excluding carboxylic acids is 2. The number of amides is 3. The summed E-state index contributed by atoms with van der Waals surface area (Å²) < 4.78 is 39.3. The van der Waals surface area contributed by atoms with E-state index in [-0.39, 0.29) is 34.5 Å². The first-order chi connectivity index (χ1) is 13.8. The zero-order valence-corrected chi connectivity index (χ0v) is 16.2. The van der Waals surface area contributed by atoms with Crippen LogP contribution < -0.4 is 16.0 Å². The van der Waals surface area contributed by atoms with Crippen molar-refractivity contribution in [2.45, 2.75) is 36.2 Å². The molecule has 0 radical (unpaired) electrons. The molecule has 1 aromatic rings. The van der Waals surface area contributed by atoms with Gasteiger partial charge in [0.15, 0.2) is 0 Å². The number of carbonyl (C=O) groups is 2. The molecule has 9 nitrogen and oxygen atoms in total. The van der Waals surface area contributed by atoms with Crippen LogP contribution >= 0.6 is 0 Å². The Bertz CT molecular complexity index is 1010. The Balaban J connectivity index is 1.45. The fourth-order valence-corrected chi connectivity index (χ4v) is 5.85. The molecule has 1 aromatic carbocycles. The van der Waals surface area contributed by atoms with Gasteiger partial charge in [0.2, 0.25) is 5.91 Å². The number of urea groups is 1. The van der Waals surface area contributed by atoms with Crippen LogP contribution in [-0.2, 0) is 14.8 Å². The van der Waals surface area contributed by atoms with Gasteiger partial charge in [-0.3, -0.25) is 4.79 Å². The predicted octanol–water partition coefficient (Wildman–Crippen LogP) is 0.758. The van der Waals surface area contributed by atoms with Crippen molar-refractivity contribution in [2.24, 2.45) is 11.8 Å². The molecule has 29 heavy (non-hydrogen) atoms. The van der Waals surface area contributed by atoms with E-state index in [2.05, 4.69) is 22.0 Å². The number of nitrogens with zero attached hydrogens (tertiary/aromatic N) is 2. The van der Waals surface area contributed by atoms with E-state index in [1.165, 1.54) is 6.07 Å². The monoisotopic (exact) mass is 421 g/mol. The minimum atomic E-state index is -4.35. The number of piperidine rings is 1. The van der Waals surface area contributed by atoms with E-state index in [0.717, 1.165) is 25.0 Å². The molecule has 3 amide bonds. The normalized spacial score (nSPS) is 29.9. The van der Waals surface area contributed by atoms with Crippen LogP contribution in [0.15, 0.2) is 23.1 Å². The third-order valence-electron chi connectivity index (χ3n) is 5.77. The third kappa shape index (κ3) is 3.54. The van der Waals surface area contributed by atoms with Gasteiger partial charge >= 0.3 is 6.03 Å². The number of fused-ring (bicyclic) bond motifs is 2. The smallest absolute Gasteiger partial charge is 0.336 e. The van der Waals surface area contributed by atoms with Gasteiger partial charge in [0.1, 0.15) is 17.3 Å². The summed E-state index contributed by atoms with van der Waals surface area (Å²) in [4.78, 5) is 24.4. The maximum absolute atomic E-state index is 13.5. The lowest BCUT2D eigenvalue weighted by Crippen LogP contribution is -2.55. The Morgan fingerprint density at radius 3 is 2.93 bits per heavy atom. The second-order valence-electron chi connectivity index (χ2n) is 7.59. The largest absolute Gasteiger partial charge is 0.350 e. The average molecular weight is 421 g/mol. The molecular weight excluding hydrogens is 401 g/mol. The minimum Gasteiger partial charge on any atom is -0.350 e. The second kappa shape index (κ2) is 7.27. The van der Waals surface area contributed by atoms with Crippen molar-refractivity contribution in [2.75, 3.05) is 18.4 Å². The Kier molecular flexibility index (Phi) is 4.92. The second-order valence-corrected chi connectivity index (χ2v) is 9.42. The molecule has 1 saturated carbocycles. The molecule has 154 valence electrons. The summed E-state index contributed by atoms with van der Waals surface area (Å²) >= 11 is 0. The van der Waals surface area contributed by atoms with Crippen LogP contribution in [0.25, 0.3) is 0 Å². The number of halogens is 1. The topological polar surface area (TPSA) is 131 Å². The lowest BCUT2D eigenvalue weighted by atomic mass is 9.86.